The van der Waals surface area contributed by atoms with Crippen LogP contribution in [0.5, 0.6) is 0 Å². The SMILES string of the molecule is CC1CCCCN1C(=O)COC(=O)c1cc(S(=O)(=O)NC2CC2)c(Cl)cc1Cl. The molecule has 0 radical (unpaired) electrons. The molecule has 1 amide bonds. The van der Waals surface area contributed by atoms with Gasteiger partial charge in [-0.3, -0.25) is 4.79 Å². The molecule has 1 N–H and O–H groups in total. The summed E-state index contributed by atoms with van der Waals surface area (Å²) in [5.74, 6) is -1.16. The minimum absolute atomic E-state index is 0.0424. The van der Waals surface area contributed by atoms with Gasteiger partial charge in [-0.05, 0) is 51.2 Å². The van der Waals surface area contributed by atoms with Crippen molar-refractivity contribution in [1.82, 2.24) is 9.62 Å². The highest BCUT2D eigenvalue weighted by Crippen LogP contribution is 2.31. The molecule has 0 bridgehead atoms. The first-order chi connectivity index (χ1) is 13.2. The number of benzene rings is 1. The molecule has 1 aliphatic heterocycles. The molecule has 0 aromatic heterocycles. The van der Waals surface area contributed by atoms with Crippen LogP contribution in [0.1, 0.15) is 49.4 Å². The predicted molar refractivity (Wildman–Crippen MR) is 105 cm³/mol. The second-order valence-corrected chi connectivity index (χ2v) is 9.66. The zero-order valence-electron chi connectivity index (χ0n) is 15.4. The molecule has 154 valence electrons. The second-order valence-electron chi connectivity index (χ2n) is 7.17. The largest absolute Gasteiger partial charge is 0.452 e. The quantitative estimate of drug-likeness (QED) is 0.675. The van der Waals surface area contributed by atoms with Gasteiger partial charge in [0.1, 0.15) is 4.90 Å². The summed E-state index contributed by atoms with van der Waals surface area (Å²) in [5.41, 5.74) is -0.151. The van der Waals surface area contributed by atoms with Gasteiger partial charge < -0.3 is 9.64 Å². The highest BCUT2D eigenvalue weighted by Gasteiger charge is 2.31. The van der Waals surface area contributed by atoms with E-state index in [9.17, 15) is 18.0 Å². The maximum Gasteiger partial charge on any atom is 0.340 e. The molecule has 10 heteroatoms. The van der Waals surface area contributed by atoms with Crippen molar-refractivity contribution in [3.63, 3.8) is 0 Å². The third-order valence-corrected chi connectivity index (χ3v) is 7.18. The maximum atomic E-state index is 12.4. The van der Waals surface area contributed by atoms with Crippen LogP contribution in [0.3, 0.4) is 0 Å². The van der Waals surface area contributed by atoms with E-state index in [-0.39, 0.29) is 38.5 Å². The molecular formula is C18H22Cl2N2O5S. The van der Waals surface area contributed by atoms with Gasteiger partial charge in [0.25, 0.3) is 5.91 Å². The number of nitrogens with zero attached hydrogens (tertiary/aromatic N) is 1. The number of carbonyl (C=O) groups is 2. The van der Waals surface area contributed by atoms with E-state index >= 15 is 0 Å². The Labute approximate surface area is 174 Å². The van der Waals surface area contributed by atoms with E-state index in [4.69, 9.17) is 27.9 Å². The summed E-state index contributed by atoms with van der Waals surface area (Å²) >= 11 is 12.1. The lowest BCUT2D eigenvalue weighted by atomic mass is 10.0. The van der Waals surface area contributed by atoms with E-state index in [1.807, 2.05) is 6.92 Å². The number of nitrogens with one attached hydrogen (secondary N) is 1. The summed E-state index contributed by atoms with van der Waals surface area (Å²) in [6.45, 7) is 2.16. The topological polar surface area (TPSA) is 92.8 Å². The minimum atomic E-state index is -3.88. The predicted octanol–water partition coefficient (Wildman–Crippen LogP) is 2.99. The molecule has 28 heavy (non-hydrogen) atoms. The van der Waals surface area contributed by atoms with Crippen molar-refractivity contribution >= 4 is 45.1 Å². The summed E-state index contributed by atoms with van der Waals surface area (Å²) in [6, 6.07) is 2.27. The fourth-order valence-corrected chi connectivity index (χ4v) is 5.29. The fourth-order valence-electron chi connectivity index (χ4n) is 3.13. The van der Waals surface area contributed by atoms with E-state index in [2.05, 4.69) is 4.72 Å². The molecule has 1 saturated carbocycles. The van der Waals surface area contributed by atoms with Crippen LogP contribution in [0, 0.1) is 0 Å². The maximum absolute atomic E-state index is 12.4. The lowest BCUT2D eigenvalue weighted by Crippen LogP contribution is -2.44. The Bertz CT molecular complexity index is 886. The molecule has 2 aliphatic rings. The molecule has 1 saturated heterocycles. The zero-order valence-corrected chi connectivity index (χ0v) is 17.7. The van der Waals surface area contributed by atoms with Gasteiger partial charge in [-0.2, -0.15) is 0 Å². The standard InChI is InChI=1S/C18H22Cl2N2O5S/c1-11-4-2-3-7-22(11)17(23)10-27-18(24)13-8-16(15(20)9-14(13)19)28(25,26)21-12-5-6-12/h8-9,11-12,21H,2-7,10H2,1H3. The Morgan fingerprint density at radius 2 is 1.89 bits per heavy atom. The smallest absolute Gasteiger partial charge is 0.340 e. The van der Waals surface area contributed by atoms with Gasteiger partial charge in [0, 0.05) is 18.6 Å². The van der Waals surface area contributed by atoms with Gasteiger partial charge in [-0.1, -0.05) is 23.2 Å². The molecule has 0 spiro atoms. The number of piperidine rings is 1. The van der Waals surface area contributed by atoms with Crippen LogP contribution in [0.15, 0.2) is 17.0 Å². The molecule has 1 unspecified atom stereocenters. The van der Waals surface area contributed by atoms with Gasteiger partial charge in [0.05, 0.1) is 15.6 Å². The van der Waals surface area contributed by atoms with Crippen molar-refractivity contribution in [2.75, 3.05) is 13.2 Å². The summed E-state index contributed by atoms with van der Waals surface area (Å²) in [6.07, 6.45) is 4.42. The van der Waals surface area contributed by atoms with Crippen LogP contribution in [-0.4, -0.2) is 50.4 Å². The number of rotatable bonds is 6. The normalized spacial score (nSPS) is 20.1. The number of hydrogen-bond acceptors (Lipinski definition) is 5. The molecule has 3 rings (SSSR count). The van der Waals surface area contributed by atoms with Gasteiger partial charge in [0.2, 0.25) is 10.0 Å². The average molecular weight is 449 g/mol. The van der Waals surface area contributed by atoms with E-state index in [0.29, 0.717) is 6.54 Å². The van der Waals surface area contributed by atoms with Gasteiger partial charge >= 0.3 is 5.97 Å². The second kappa shape index (κ2) is 8.57. The summed E-state index contributed by atoms with van der Waals surface area (Å²) in [7, 11) is -3.88. The van der Waals surface area contributed by atoms with Crippen LogP contribution in [-0.2, 0) is 19.6 Å². The zero-order chi connectivity index (χ0) is 20.5. The van der Waals surface area contributed by atoms with Crippen LogP contribution in [0.25, 0.3) is 0 Å². The fraction of sp³-hybridized carbons (Fsp3) is 0.556. The number of amides is 1. The number of carbonyl (C=O) groups excluding carboxylic acids is 2. The van der Waals surface area contributed by atoms with E-state index < -0.39 is 22.6 Å². The Hall–Kier alpha value is -1.35. The Morgan fingerprint density at radius 1 is 1.18 bits per heavy atom. The molecule has 1 aromatic rings. The van der Waals surface area contributed by atoms with E-state index in [1.54, 1.807) is 4.90 Å². The summed E-state index contributed by atoms with van der Waals surface area (Å²) in [4.78, 5) is 26.2. The van der Waals surface area contributed by atoms with Crippen LogP contribution < -0.4 is 4.72 Å². The van der Waals surface area contributed by atoms with Crippen molar-refractivity contribution in [1.29, 1.82) is 0 Å². The number of ether oxygens (including phenoxy) is 1. The highest BCUT2D eigenvalue weighted by atomic mass is 35.5. The molecule has 7 nitrogen and oxygen atoms in total. The number of sulfonamides is 1. The summed E-state index contributed by atoms with van der Waals surface area (Å²) < 4.78 is 32.5. The van der Waals surface area contributed by atoms with Gasteiger partial charge in [-0.25, -0.2) is 17.9 Å². The molecular weight excluding hydrogens is 427 g/mol. The first kappa shape index (κ1) is 21.4. The third-order valence-electron chi connectivity index (χ3n) is 4.88. The Morgan fingerprint density at radius 3 is 2.54 bits per heavy atom. The van der Waals surface area contributed by atoms with Crippen LogP contribution >= 0.6 is 23.2 Å². The minimum Gasteiger partial charge on any atom is -0.452 e. The monoisotopic (exact) mass is 448 g/mol. The Balaban J connectivity index is 1.72. The number of halogens is 2. The molecule has 1 aromatic carbocycles. The van der Waals surface area contributed by atoms with Crippen LogP contribution in [0.4, 0.5) is 0 Å². The first-order valence-corrected chi connectivity index (χ1v) is 11.4. The molecule has 2 fully saturated rings. The van der Waals surface area contributed by atoms with Crippen LogP contribution in [0.2, 0.25) is 10.0 Å². The molecule has 1 aliphatic carbocycles. The summed E-state index contributed by atoms with van der Waals surface area (Å²) in [5, 5.41) is -0.132. The molecule has 1 atom stereocenters. The van der Waals surface area contributed by atoms with Crippen molar-refractivity contribution in [3.05, 3.63) is 27.7 Å². The Kier molecular flexibility index (Phi) is 6.54. The van der Waals surface area contributed by atoms with Crippen molar-refractivity contribution in [2.45, 2.75) is 56.0 Å². The van der Waals surface area contributed by atoms with Crippen molar-refractivity contribution in [2.24, 2.45) is 0 Å². The lowest BCUT2D eigenvalue weighted by Gasteiger charge is -2.33. The van der Waals surface area contributed by atoms with Crippen molar-refractivity contribution < 1.29 is 22.7 Å². The number of likely N-dealkylation sites (tertiary alicyclic amines) is 1. The number of esters is 1. The average Bonchev–Trinajstić information content (AvgIpc) is 3.42. The third kappa shape index (κ3) is 4.97. The van der Waals surface area contributed by atoms with Gasteiger partial charge in [-0.15, -0.1) is 0 Å². The van der Waals surface area contributed by atoms with Gasteiger partial charge in [0.15, 0.2) is 6.61 Å². The van der Waals surface area contributed by atoms with Crippen molar-refractivity contribution in [3.8, 4) is 0 Å². The van der Waals surface area contributed by atoms with E-state index in [0.717, 1.165) is 38.2 Å². The van der Waals surface area contributed by atoms with E-state index in [1.165, 1.54) is 6.07 Å². The lowest BCUT2D eigenvalue weighted by molar-refractivity contribution is -0.137. The number of hydrogen-bond donors (Lipinski definition) is 1. The molecule has 1 heterocycles. The first-order valence-electron chi connectivity index (χ1n) is 9.17. The highest BCUT2D eigenvalue weighted by molar-refractivity contribution is 7.89.